The van der Waals surface area contributed by atoms with Crippen LogP contribution >= 0.6 is 15.9 Å². The molecule has 78 valence electrons. The van der Waals surface area contributed by atoms with Crippen molar-refractivity contribution in [1.29, 1.82) is 0 Å². The molecule has 2 aromatic rings. The van der Waals surface area contributed by atoms with E-state index < -0.39 is 0 Å². The number of rotatable bonds is 3. The summed E-state index contributed by atoms with van der Waals surface area (Å²) in [5.74, 6) is -0.274. The van der Waals surface area contributed by atoms with Crippen molar-refractivity contribution in [2.24, 2.45) is 0 Å². The van der Waals surface area contributed by atoms with Gasteiger partial charge in [-0.25, -0.2) is 9.37 Å². The van der Waals surface area contributed by atoms with Gasteiger partial charge < -0.3 is 10.3 Å². The molecule has 2 rings (SSSR count). The second-order valence-electron chi connectivity index (χ2n) is 3.05. The van der Waals surface area contributed by atoms with Crippen molar-refractivity contribution in [2.45, 2.75) is 6.54 Å². The van der Waals surface area contributed by atoms with Crippen LogP contribution in [0.2, 0.25) is 0 Å². The smallest absolute Gasteiger partial charge is 0.147 e. The van der Waals surface area contributed by atoms with Crippen LogP contribution in [-0.4, -0.2) is 9.97 Å². The van der Waals surface area contributed by atoms with E-state index in [9.17, 15) is 4.39 Å². The summed E-state index contributed by atoms with van der Waals surface area (Å²) in [6, 6.07) is 4.91. The number of imidazole rings is 1. The average Bonchev–Trinajstić information content (AvgIpc) is 2.69. The quantitative estimate of drug-likeness (QED) is 0.900. The van der Waals surface area contributed by atoms with E-state index in [1.54, 1.807) is 24.7 Å². The molecule has 1 aromatic carbocycles. The largest absolute Gasteiger partial charge is 0.377 e. The summed E-state index contributed by atoms with van der Waals surface area (Å²) in [5.41, 5.74) is 1.39. The maximum Gasteiger partial charge on any atom is 0.147 e. The van der Waals surface area contributed by atoms with E-state index in [-0.39, 0.29) is 5.82 Å². The van der Waals surface area contributed by atoms with Crippen LogP contribution in [0.15, 0.2) is 35.2 Å². The second kappa shape index (κ2) is 4.44. The summed E-state index contributed by atoms with van der Waals surface area (Å²) >= 11 is 3.20. The molecule has 0 bridgehead atoms. The summed E-state index contributed by atoms with van der Waals surface area (Å²) in [5, 5.41) is 2.98. The molecule has 0 aliphatic heterocycles. The molecule has 1 heterocycles. The van der Waals surface area contributed by atoms with Crippen LogP contribution in [0, 0.1) is 5.82 Å². The molecule has 0 unspecified atom stereocenters. The molecule has 0 saturated heterocycles. The monoisotopic (exact) mass is 269 g/mol. The molecule has 0 fully saturated rings. The highest BCUT2D eigenvalue weighted by Gasteiger charge is 2.02. The third kappa shape index (κ3) is 2.56. The van der Waals surface area contributed by atoms with Gasteiger partial charge in [0.15, 0.2) is 0 Å². The number of aromatic nitrogens is 2. The highest BCUT2D eigenvalue weighted by Crippen LogP contribution is 2.19. The predicted octanol–water partition coefficient (Wildman–Crippen LogP) is 2.92. The van der Waals surface area contributed by atoms with Crippen LogP contribution in [0.3, 0.4) is 0 Å². The average molecular weight is 270 g/mol. The Bertz CT molecular complexity index is 442. The van der Waals surface area contributed by atoms with Gasteiger partial charge in [-0.15, -0.1) is 0 Å². The maximum absolute atomic E-state index is 13.4. The molecule has 15 heavy (non-hydrogen) atoms. The van der Waals surface area contributed by atoms with Gasteiger partial charge in [-0.05, 0) is 18.2 Å². The van der Waals surface area contributed by atoms with E-state index in [0.717, 1.165) is 10.2 Å². The number of anilines is 1. The Kier molecular flexibility index (Phi) is 3.01. The summed E-state index contributed by atoms with van der Waals surface area (Å²) in [6.45, 7) is 0.526. The lowest BCUT2D eigenvalue weighted by Gasteiger charge is -2.06. The van der Waals surface area contributed by atoms with E-state index in [2.05, 4.69) is 31.2 Å². The first kappa shape index (κ1) is 10.2. The number of H-pyrrole nitrogens is 1. The standard InChI is InChI=1S/C10H9BrFN3/c11-7-1-2-10(9(12)3-7)14-5-8-4-13-6-15-8/h1-4,6,14H,5H2,(H,13,15). The van der Waals surface area contributed by atoms with E-state index in [1.807, 2.05) is 0 Å². The SMILES string of the molecule is Fc1cc(Br)ccc1NCc1cnc[nH]1. The van der Waals surface area contributed by atoms with E-state index in [1.165, 1.54) is 6.07 Å². The number of hydrogen-bond donors (Lipinski definition) is 2. The Morgan fingerprint density at radius 2 is 2.33 bits per heavy atom. The fraction of sp³-hybridized carbons (Fsp3) is 0.100. The Balaban J connectivity index is 2.05. The summed E-state index contributed by atoms with van der Waals surface area (Å²) in [7, 11) is 0. The molecule has 2 N–H and O–H groups in total. The van der Waals surface area contributed by atoms with Crippen molar-refractivity contribution < 1.29 is 4.39 Å². The van der Waals surface area contributed by atoms with Crippen molar-refractivity contribution in [3.05, 3.63) is 46.7 Å². The van der Waals surface area contributed by atoms with Gasteiger partial charge in [0.2, 0.25) is 0 Å². The van der Waals surface area contributed by atoms with Gasteiger partial charge in [-0.3, -0.25) is 0 Å². The molecular weight excluding hydrogens is 261 g/mol. The highest BCUT2D eigenvalue weighted by molar-refractivity contribution is 9.10. The predicted molar refractivity (Wildman–Crippen MR) is 60.0 cm³/mol. The van der Waals surface area contributed by atoms with Gasteiger partial charge in [0.1, 0.15) is 5.82 Å². The lowest BCUT2D eigenvalue weighted by Crippen LogP contribution is -2.01. The first-order valence-electron chi connectivity index (χ1n) is 4.42. The lowest BCUT2D eigenvalue weighted by atomic mass is 10.3. The minimum Gasteiger partial charge on any atom is -0.377 e. The van der Waals surface area contributed by atoms with E-state index in [4.69, 9.17) is 0 Å². The first-order chi connectivity index (χ1) is 7.25. The molecule has 0 saturated carbocycles. The van der Waals surface area contributed by atoms with Crippen LogP contribution in [0.4, 0.5) is 10.1 Å². The third-order valence-electron chi connectivity index (χ3n) is 1.96. The van der Waals surface area contributed by atoms with Gasteiger partial charge in [0, 0.05) is 10.7 Å². The molecule has 0 spiro atoms. The molecule has 5 heteroatoms. The summed E-state index contributed by atoms with van der Waals surface area (Å²) in [6.07, 6.45) is 3.29. The molecule has 3 nitrogen and oxygen atoms in total. The van der Waals surface area contributed by atoms with Crippen LogP contribution in [0.5, 0.6) is 0 Å². The Morgan fingerprint density at radius 3 is 3.00 bits per heavy atom. The Labute approximate surface area is 94.9 Å². The van der Waals surface area contributed by atoms with Crippen molar-refractivity contribution in [1.82, 2.24) is 9.97 Å². The number of nitrogens with one attached hydrogen (secondary N) is 2. The zero-order valence-corrected chi connectivity index (χ0v) is 9.38. The molecule has 0 radical (unpaired) electrons. The zero-order chi connectivity index (χ0) is 10.7. The Hall–Kier alpha value is -1.36. The molecule has 0 atom stereocenters. The minimum atomic E-state index is -0.274. The van der Waals surface area contributed by atoms with Crippen LogP contribution in [0.1, 0.15) is 5.69 Å². The van der Waals surface area contributed by atoms with Gasteiger partial charge in [0.25, 0.3) is 0 Å². The fourth-order valence-corrected chi connectivity index (χ4v) is 1.54. The third-order valence-corrected chi connectivity index (χ3v) is 2.45. The zero-order valence-electron chi connectivity index (χ0n) is 7.80. The Morgan fingerprint density at radius 1 is 1.47 bits per heavy atom. The van der Waals surface area contributed by atoms with Crippen molar-refractivity contribution in [3.63, 3.8) is 0 Å². The van der Waals surface area contributed by atoms with Gasteiger partial charge in [-0.1, -0.05) is 15.9 Å². The van der Waals surface area contributed by atoms with Gasteiger partial charge in [-0.2, -0.15) is 0 Å². The minimum absolute atomic E-state index is 0.274. The number of halogens is 2. The lowest BCUT2D eigenvalue weighted by molar-refractivity contribution is 0.629. The van der Waals surface area contributed by atoms with Crippen LogP contribution in [-0.2, 0) is 6.54 Å². The molecule has 0 amide bonds. The van der Waals surface area contributed by atoms with Gasteiger partial charge >= 0.3 is 0 Å². The summed E-state index contributed by atoms with van der Waals surface area (Å²) in [4.78, 5) is 6.81. The van der Waals surface area contributed by atoms with E-state index >= 15 is 0 Å². The van der Waals surface area contributed by atoms with Crippen molar-refractivity contribution in [3.8, 4) is 0 Å². The summed E-state index contributed by atoms with van der Waals surface area (Å²) < 4.78 is 14.1. The molecule has 0 aliphatic rings. The van der Waals surface area contributed by atoms with E-state index in [0.29, 0.717) is 12.2 Å². The maximum atomic E-state index is 13.4. The van der Waals surface area contributed by atoms with Crippen molar-refractivity contribution >= 4 is 21.6 Å². The number of aromatic amines is 1. The number of benzene rings is 1. The fourth-order valence-electron chi connectivity index (χ4n) is 1.20. The molecule has 0 aliphatic carbocycles. The normalized spacial score (nSPS) is 10.3. The van der Waals surface area contributed by atoms with Gasteiger partial charge in [0.05, 0.1) is 24.3 Å². The first-order valence-corrected chi connectivity index (χ1v) is 5.21. The van der Waals surface area contributed by atoms with Crippen LogP contribution in [0.25, 0.3) is 0 Å². The number of nitrogens with zero attached hydrogens (tertiary/aromatic N) is 1. The molecule has 1 aromatic heterocycles. The molecular formula is C10H9BrFN3. The topological polar surface area (TPSA) is 40.7 Å². The second-order valence-corrected chi connectivity index (χ2v) is 3.97. The highest BCUT2D eigenvalue weighted by atomic mass is 79.9. The number of hydrogen-bond acceptors (Lipinski definition) is 2. The van der Waals surface area contributed by atoms with Crippen molar-refractivity contribution in [2.75, 3.05) is 5.32 Å². The van der Waals surface area contributed by atoms with Crippen LogP contribution < -0.4 is 5.32 Å².